The first-order valence-corrected chi connectivity index (χ1v) is 11.4. The molecule has 3 rings (SSSR count). The summed E-state index contributed by atoms with van der Waals surface area (Å²) in [6, 6.07) is 28.4. The van der Waals surface area contributed by atoms with E-state index >= 15 is 0 Å². The van der Waals surface area contributed by atoms with E-state index < -0.39 is 17.5 Å². The highest BCUT2D eigenvalue weighted by Gasteiger charge is 2.37. The summed E-state index contributed by atoms with van der Waals surface area (Å²) in [6.45, 7) is 3.46. The summed E-state index contributed by atoms with van der Waals surface area (Å²) in [6.07, 6.45) is 0.119. The molecule has 176 valence electrons. The molecule has 0 spiro atoms. The van der Waals surface area contributed by atoms with Crippen LogP contribution in [-0.4, -0.2) is 23.8 Å². The topological polar surface area (TPSA) is 101 Å². The first-order chi connectivity index (χ1) is 16.3. The Bertz CT molecular complexity index is 1000. The van der Waals surface area contributed by atoms with Crippen LogP contribution in [0.4, 0.5) is 0 Å². The highest BCUT2D eigenvalue weighted by atomic mass is 16.2. The lowest BCUT2D eigenvalue weighted by Crippen LogP contribution is -2.49. The number of carbonyl (C=O) groups is 3. The number of nitrogens with two attached hydrogens (primary N) is 1. The zero-order chi connectivity index (χ0) is 24.6. The van der Waals surface area contributed by atoms with Crippen LogP contribution in [0.2, 0.25) is 0 Å². The van der Waals surface area contributed by atoms with Gasteiger partial charge in [0.25, 0.3) is 0 Å². The van der Waals surface area contributed by atoms with Crippen LogP contribution in [-0.2, 0) is 19.9 Å². The molecule has 0 fully saturated rings. The minimum atomic E-state index is -0.940. The summed E-state index contributed by atoms with van der Waals surface area (Å²) in [7, 11) is 0. The summed E-state index contributed by atoms with van der Waals surface area (Å²) >= 11 is 0. The molecule has 0 heterocycles. The van der Waals surface area contributed by atoms with Crippen LogP contribution in [0.1, 0.15) is 43.4 Å². The van der Waals surface area contributed by atoms with Gasteiger partial charge in [-0.1, -0.05) is 105 Å². The number of benzene rings is 3. The Hall–Kier alpha value is -3.93. The standard InChI is InChI=1S/C28H31N3O3/c1-20(2)27(34)30-24(26(29)33)18-19-25(32)31-28(21-12-6-3-7-13-21,22-14-8-4-9-15-22)23-16-10-5-11-17-23/h3-17,20,24H,18-19H2,1-2H3,(H2,29,33)(H,30,34)(H,31,32)/t24-/m0/s1. The fourth-order valence-corrected chi connectivity index (χ4v) is 3.95. The average molecular weight is 458 g/mol. The molecule has 0 unspecified atom stereocenters. The van der Waals surface area contributed by atoms with E-state index in [0.29, 0.717) is 0 Å². The second kappa shape index (κ2) is 11.3. The molecule has 0 aliphatic heterocycles. The van der Waals surface area contributed by atoms with Gasteiger partial charge in [0.05, 0.1) is 0 Å². The molecular formula is C28H31N3O3. The minimum Gasteiger partial charge on any atom is -0.368 e. The number of carbonyl (C=O) groups excluding carboxylic acids is 3. The summed E-state index contributed by atoms with van der Waals surface area (Å²) < 4.78 is 0. The highest BCUT2D eigenvalue weighted by molar-refractivity contribution is 5.88. The molecule has 6 nitrogen and oxygen atoms in total. The van der Waals surface area contributed by atoms with Crippen molar-refractivity contribution >= 4 is 17.7 Å². The van der Waals surface area contributed by atoms with Crippen molar-refractivity contribution in [2.75, 3.05) is 0 Å². The van der Waals surface area contributed by atoms with Gasteiger partial charge in [0, 0.05) is 12.3 Å². The van der Waals surface area contributed by atoms with Crippen molar-refractivity contribution in [1.29, 1.82) is 0 Å². The molecule has 0 radical (unpaired) electrons. The largest absolute Gasteiger partial charge is 0.368 e. The van der Waals surface area contributed by atoms with E-state index in [1.165, 1.54) is 0 Å². The van der Waals surface area contributed by atoms with Gasteiger partial charge in [0.2, 0.25) is 17.7 Å². The molecular weight excluding hydrogens is 426 g/mol. The molecule has 0 aromatic heterocycles. The van der Waals surface area contributed by atoms with Gasteiger partial charge in [-0.2, -0.15) is 0 Å². The van der Waals surface area contributed by atoms with Crippen molar-refractivity contribution in [2.24, 2.45) is 11.7 Å². The molecule has 4 N–H and O–H groups in total. The molecule has 0 saturated carbocycles. The molecule has 34 heavy (non-hydrogen) atoms. The van der Waals surface area contributed by atoms with Crippen LogP contribution < -0.4 is 16.4 Å². The Morgan fingerprint density at radius 2 is 1.18 bits per heavy atom. The molecule has 0 aliphatic carbocycles. The molecule has 3 aromatic rings. The predicted molar refractivity (Wildman–Crippen MR) is 133 cm³/mol. The minimum absolute atomic E-state index is 0.0141. The Kier molecular flexibility index (Phi) is 8.19. The lowest BCUT2D eigenvalue weighted by molar-refractivity contribution is -0.130. The fourth-order valence-electron chi connectivity index (χ4n) is 3.95. The second-order valence-corrected chi connectivity index (χ2v) is 8.55. The third-order valence-electron chi connectivity index (χ3n) is 5.79. The van der Waals surface area contributed by atoms with Crippen molar-refractivity contribution < 1.29 is 14.4 Å². The molecule has 0 saturated heterocycles. The number of primary amides is 1. The average Bonchev–Trinajstić information content (AvgIpc) is 2.86. The van der Waals surface area contributed by atoms with Gasteiger partial charge in [-0.3, -0.25) is 14.4 Å². The van der Waals surface area contributed by atoms with E-state index in [0.717, 1.165) is 16.7 Å². The summed E-state index contributed by atoms with van der Waals surface area (Å²) in [5.74, 6) is -1.50. The van der Waals surface area contributed by atoms with E-state index in [1.54, 1.807) is 13.8 Å². The van der Waals surface area contributed by atoms with Crippen molar-refractivity contribution in [3.05, 3.63) is 108 Å². The molecule has 3 aromatic carbocycles. The predicted octanol–water partition coefficient (Wildman–Crippen LogP) is 3.50. The third kappa shape index (κ3) is 5.70. The Morgan fingerprint density at radius 1 is 0.765 bits per heavy atom. The summed E-state index contributed by atoms with van der Waals surface area (Å²) in [4.78, 5) is 37.3. The maximum absolute atomic E-state index is 13.3. The number of nitrogens with one attached hydrogen (secondary N) is 2. The van der Waals surface area contributed by atoms with E-state index in [1.807, 2.05) is 91.0 Å². The van der Waals surface area contributed by atoms with Gasteiger partial charge < -0.3 is 16.4 Å². The van der Waals surface area contributed by atoms with Crippen LogP contribution in [0.15, 0.2) is 91.0 Å². The number of hydrogen-bond donors (Lipinski definition) is 3. The molecule has 6 heteroatoms. The quantitative estimate of drug-likeness (QED) is 0.406. The van der Waals surface area contributed by atoms with Crippen molar-refractivity contribution in [3.8, 4) is 0 Å². The number of amides is 3. The monoisotopic (exact) mass is 457 g/mol. The van der Waals surface area contributed by atoms with Crippen molar-refractivity contribution in [3.63, 3.8) is 0 Å². The maximum atomic E-state index is 13.3. The molecule has 1 atom stereocenters. The SMILES string of the molecule is CC(C)C(=O)N[C@@H](CCC(=O)NC(c1ccccc1)(c1ccccc1)c1ccccc1)C(N)=O. The summed E-state index contributed by atoms with van der Waals surface area (Å²) in [5, 5.41) is 5.88. The highest BCUT2D eigenvalue weighted by Crippen LogP contribution is 2.36. The lowest BCUT2D eigenvalue weighted by Gasteiger charge is -2.37. The normalized spacial score (nSPS) is 12.1. The first-order valence-electron chi connectivity index (χ1n) is 11.4. The van der Waals surface area contributed by atoms with Crippen LogP contribution >= 0.6 is 0 Å². The fraction of sp³-hybridized carbons (Fsp3) is 0.250. The van der Waals surface area contributed by atoms with Crippen molar-refractivity contribution in [2.45, 2.75) is 38.3 Å². The van der Waals surface area contributed by atoms with Crippen LogP contribution in [0.5, 0.6) is 0 Å². The number of hydrogen-bond acceptors (Lipinski definition) is 3. The van der Waals surface area contributed by atoms with E-state index in [9.17, 15) is 14.4 Å². The smallest absolute Gasteiger partial charge is 0.240 e. The number of rotatable bonds is 10. The van der Waals surface area contributed by atoms with Gasteiger partial charge in [0.15, 0.2) is 0 Å². The zero-order valence-corrected chi connectivity index (χ0v) is 19.5. The first kappa shape index (κ1) is 24.7. The molecule has 0 bridgehead atoms. The van der Waals surface area contributed by atoms with E-state index in [-0.39, 0.29) is 30.6 Å². The second-order valence-electron chi connectivity index (χ2n) is 8.55. The maximum Gasteiger partial charge on any atom is 0.240 e. The molecule has 0 aliphatic rings. The van der Waals surface area contributed by atoms with E-state index in [4.69, 9.17) is 5.73 Å². The van der Waals surface area contributed by atoms with Gasteiger partial charge in [0.1, 0.15) is 11.6 Å². The van der Waals surface area contributed by atoms with Gasteiger partial charge in [-0.25, -0.2) is 0 Å². The Morgan fingerprint density at radius 3 is 1.53 bits per heavy atom. The van der Waals surface area contributed by atoms with E-state index in [2.05, 4.69) is 10.6 Å². The van der Waals surface area contributed by atoms with Crippen LogP contribution in [0.3, 0.4) is 0 Å². The Labute approximate surface area is 200 Å². The molecule has 3 amide bonds. The van der Waals surface area contributed by atoms with Gasteiger partial charge in [-0.05, 0) is 23.1 Å². The zero-order valence-electron chi connectivity index (χ0n) is 19.5. The van der Waals surface area contributed by atoms with Crippen molar-refractivity contribution in [1.82, 2.24) is 10.6 Å². The third-order valence-corrected chi connectivity index (χ3v) is 5.79. The Balaban J connectivity index is 1.96. The van der Waals surface area contributed by atoms with Gasteiger partial charge in [-0.15, -0.1) is 0 Å². The van der Waals surface area contributed by atoms with Crippen LogP contribution in [0.25, 0.3) is 0 Å². The van der Waals surface area contributed by atoms with Crippen LogP contribution in [0, 0.1) is 5.92 Å². The lowest BCUT2D eigenvalue weighted by atomic mass is 9.77. The van der Waals surface area contributed by atoms with Gasteiger partial charge >= 0.3 is 0 Å². The summed E-state index contributed by atoms with van der Waals surface area (Å²) in [5.41, 5.74) is 7.26.